The molecule has 0 radical (unpaired) electrons. The fourth-order valence-electron chi connectivity index (χ4n) is 9.49. The Morgan fingerprint density at radius 3 is 1.11 bits per heavy atom. The Bertz CT molecular complexity index is 3860. The minimum absolute atomic E-state index is 0. The van der Waals surface area contributed by atoms with Crippen LogP contribution in [0.25, 0.3) is 66.5 Å². The normalized spacial score (nSPS) is 15.6. The molecule has 0 N–H and O–H groups in total. The van der Waals surface area contributed by atoms with Crippen LogP contribution in [0.4, 0.5) is 65.9 Å². The number of benzene rings is 3. The van der Waals surface area contributed by atoms with Gasteiger partial charge in [-0.25, -0.2) is 82.7 Å². The van der Waals surface area contributed by atoms with Crippen molar-refractivity contribution in [3.05, 3.63) is 123 Å². The smallest absolute Gasteiger partial charge is 0.657 e. The Kier molecular flexibility index (Phi) is 14.0. The van der Waals surface area contributed by atoms with E-state index in [0.717, 1.165) is 8.61 Å². The van der Waals surface area contributed by atoms with Crippen LogP contribution in [0.15, 0.2) is 34.1 Å². The predicted molar refractivity (Wildman–Crippen MR) is 231 cm³/mol. The summed E-state index contributed by atoms with van der Waals surface area (Å²) < 4.78 is 294. The summed E-state index contributed by atoms with van der Waals surface area (Å²) in [4.78, 5) is 14.5. The van der Waals surface area contributed by atoms with Crippen LogP contribution in [0.3, 0.4) is 0 Å². The summed E-state index contributed by atoms with van der Waals surface area (Å²) in [5.74, 6) is -39.3. The van der Waals surface area contributed by atoms with Gasteiger partial charge in [-0.3, -0.25) is 4.98 Å². The Morgan fingerprint density at radius 2 is 0.680 bits per heavy atom. The van der Waals surface area contributed by atoms with Crippen LogP contribution in [0, 0.1) is 87.3 Å². The molecule has 3 aliphatic rings. The predicted octanol–water partition coefficient (Wildman–Crippen LogP) is 10.6. The summed E-state index contributed by atoms with van der Waals surface area (Å²) in [6.45, 7) is -0.904. The third kappa shape index (κ3) is 8.39. The van der Waals surface area contributed by atoms with Crippen LogP contribution < -0.4 is 15.0 Å². The van der Waals surface area contributed by atoms with E-state index in [4.69, 9.17) is 0 Å². The number of sulfonamides is 2. The van der Waals surface area contributed by atoms with Crippen LogP contribution in [0.1, 0.15) is 49.9 Å². The molecule has 10 rings (SSSR count). The Morgan fingerprint density at radius 1 is 0.360 bits per heavy atom. The van der Waals surface area contributed by atoms with Gasteiger partial charge in [0.05, 0.1) is 26.5 Å². The second-order valence-corrected chi connectivity index (χ2v) is 21.1. The number of halogens is 15. The van der Waals surface area contributed by atoms with E-state index in [1.165, 1.54) is 0 Å². The quantitative estimate of drug-likeness (QED) is 0.0668. The first-order valence-corrected chi connectivity index (χ1v) is 25.0. The van der Waals surface area contributed by atoms with E-state index in [2.05, 4.69) is 19.9 Å². The fourth-order valence-corrected chi connectivity index (χ4v) is 12.8. The molecule has 0 atom stereocenters. The van der Waals surface area contributed by atoms with E-state index in [-0.39, 0.29) is 71.3 Å². The molecule has 2 saturated heterocycles. The van der Waals surface area contributed by atoms with Gasteiger partial charge >= 0.3 is 19.5 Å². The molecule has 0 unspecified atom stereocenters. The zero-order valence-corrected chi connectivity index (χ0v) is 40.7. The van der Waals surface area contributed by atoms with E-state index < -0.39 is 208 Å². The molecule has 3 aliphatic heterocycles. The van der Waals surface area contributed by atoms with Gasteiger partial charge in [0.25, 0.3) is 0 Å². The van der Waals surface area contributed by atoms with Gasteiger partial charge in [0, 0.05) is 37.6 Å². The monoisotopic (exact) mass is 1190 g/mol. The van der Waals surface area contributed by atoms with Gasteiger partial charge in [-0.05, 0) is 55.2 Å². The van der Waals surface area contributed by atoms with E-state index in [1.807, 2.05) is 0 Å². The molecule has 28 heteroatoms. The van der Waals surface area contributed by atoms with Crippen molar-refractivity contribution in [3.63, 3.8) is 0 Å². The average molecular weight is 1190 g/mol. The molecule has 0 saturated carbocycles. The van der Waals surface area contributed by atoms with Crippen molar-refractivity contribution >= 4 is 53.1 Å². The first-order chi connectivity index (χ1) is 35.0. The Balaban J connectivity index is 0.00000689. The minimum Gasteiger partial charge on any atom is -0.657 e. The van der Waals surface area contributed by atoms with Crippen molar-refractivity contribution in [2.75, 3.05) is 26.2 Å². The molecule has 2 fully saturated rings. The maximum absolute atomic E-state index is 16.4. The van der Waals surface area contributed by atoms with Crippen molar-refractivity contribution in [2.45, 2.75) is 61.2 Å². The van der Waals surface area contributed by atoms with Crippen molar-refractivity contribution in [3.8, 4) is 33.4 Å². The van der Waals surface area contributed by atoms with E-state index in [9.17, 15) is 30.0 Å². The third-order valence-corrected chi connectivity index (χ3v) is 16.9. The second-order valence-electron chi connectivity index (χ2n) is 17.3. The number of hydrogen-bond donors (Lipinski definition) is 0. The molecule has 7 heterocycles. The van der Waals surface area contributed by atoms with Crippen LogP contribution >= 0.6 is 0 Å². The summed E-state index contributed by atoms with van der Waals surface area (Å²) in [7, 11) is -10.2. The zero-order chi connectivity index (χ0) is 53.2. The maximum Gasteiger partial charge on any atom is 3.00 e. The second kappa shape index (κ2) is 19.6. The summed E-state index contributed by atoms with van der Waals surface area (Å²) in [6, 6.07) is 2.45. The number of rotatable bonds is 7. The molecular formula is C47H28F15N6O4RhS2. The van der Waals surface area contributed by atoms with E-state index >= 15 is 52.7 Å². The summed E-state index contributed by atoms with van der Waals surface area (Å²) in [6.07, 6.45) is 0.190. The van der Waals surface area contributed by atoms with Gasteiger partial charge in [0.15, 0.2) is 69.8 Å². The van der Waals surface area contributed by atoms with Gasteiger partial charge in [0.2, 0.25) is 37.5 Å². The fraction of sp³-hybridized carbons (Fsp3) is 0.255. The number of hydrogen-bond acceptors (Lipinski definition) is 5. The standard InChI is InChI=1S/C47H28F15N6O4S2.Rh/c48-31-28(32(49)38(55)43(60)37(31)54)25-17-7-8-19(63-17)26(29-33(50)39(56)44(61)40(57)34(29)51)21-15-23(73(69,70)67-11-3-1-4-12-67)46(65-21)22-16-24(74(71,72)68-13-5-2-6-14-68)47(66-22)27(20-10-9-18(25)64-20)30-35(52)41(58)45(62)42(59)36(30)53;/h7-8,15-16H,1-6,9-14H2;/q-3;+3. The molecule has 7 aromatic rings. The summed E-state index contributed by atoms with van der Waals surface area (Å²) >= 11 is 0. The van der Waals surface area contributed by atoms with Crippen molar-refractivity contribution in [1.82, 2.24) is 28.5 Å². The topological polar surface area (TPSA) is 130 Å². The first-order valence-electron chi connectivity index (χ1n) is 22.1. The molecule has 8 bridgehead atoms. The molecule has 0 aliphatic carbocycles. The average Bonchev–Trinajstić information content (AvgIpc) is 4.25. The largest absolute Gasteiger partial charge is 3.00 e. The first kappa shape index (κ1) is 53.9. The maximum atomic E-state index is 16.4. The van der Waals surface area contributed by atoms with Crippen LogP contribution in [0.5, 0.6) is 0 Å². The van der Waals surface area contributed by atoms with Crippen LogP contribution in [-0.4, -0.2) is 56.6 Å². The Hall–Kier alpha value is -5.96. The number of piperidine rings is 2. The molecule has 3 aromatic carbocycles. The summed E-state index contributed by atoms with van der Waals surface area (Å²) in [5.41, 5.74) is -17.5. The number of aromatic nitrogens is 4. The number of fused-ring (bicyclic) bond motifs is 9. The minimum atomic E-state index is -5.15. The molecule has 0 spiro atoms. The molecule has 10 nitrogen and oxygen atoms in total. The van der Waals surface area contributed by atoms with Crippen LogP contribution in [-0.2, 0) is 52.4 Å². The van der Waals surface area contributed by atoms with Gasteiger partial charge < -0.3 is 15.0 Å². The van der Waals surface area contributed by atoms with Crippen LogP contribution in [0.2, 0.25) is 0 Å². The Labute approximate surface area is 425 Å². The molecule has 0 amide bonds. The van der Waals surface area contributed by atoms with Gasteiger partial charge in [0.1, 0.15) is 0 Å². The van der Waals surface area contributed by atoms with E-state index in [1.54, 1.807) is 0 Å². The molecule has 75 heavy (non-hydrogen) atoms. The molecule has 396 valence electrons. The zero-order valence-electron chi connectivity index (χ0n) is 37.4. The van der Waals surface area contributed by atoms with Gasteiger partial charge in [-0.1, -0.05) is 37.1 Å². The van der Waals surface area contributed by atoms with Gasteiger partial charge in [-0.2, -0.15) is 8.61 Å². The van der Waals surface area contributed by atoms with Crippen molar-refractivity contribution in [1.29, 1.82) is 0 Å². The SMILES string of the molecule is O=S(=O)(c1cc2[n-]c1c(-c1c(F)c(F)c(F)c(F)c1F)c1nc(c(-c3c(F)c(F)c(F)c(F)c3F)c3ccc([n-]3)c(-c3c(F)c(F)c(F)c(F)c3F)c3cc(S(=O)(=O)N4CCCCC4)c2[n-]3)CC1)N1CCCCC1.[Rh+3]. The van der Waals surface area contributed by atoms with Crippen molar-refractivity contribution < 1.29 is 102 Å². The molecule has 4 aromatic heterocycles. The van der Waals surface area contributed by atoms with Crippen molar-refractivity contribution in [2.24, 2.45) is 0 Å². The molecular weight excluding hydrogens is 1160 g/mol. The summed E-state index contributed by atoms with van der Waals surface area (Å²) in [5, 5.41) is 0. The third-order valence-electron chi connectivity index (χ3n) is 13.0. The number of nitrogens with zero attached hydrogens (tertiary/aromatic N) is 6. The van der Waals surface area contributed by atoms with E-state index in [0.29, 0.717) is 37.1 Å². The number of aryl methyl sites for hydroxylation is 2. The van der Waals surface area contributed by atoms with Gasteiger partial charge in [-0.15, -0.1) is 33.1 Å².